The topological polar surface area (TPSA) is 49.3 Å². The molecule has 1 saturated heterocycles. The molecule has 0 bridgehead atoms. The molecular formula is C10H19NO2. The van der Waals surface area contributed by atoms with Crippen LogP contribution >= 0.6 is 0 Å². The maximum atomic E-state index is 11.0. The molecule has 1 fully saturated rings. The van der Waals surface area contributed by atoms with Crippen LogP contribution in [0, 0.1) is 17.3 Å². The van der Waals surface area contributed by atoms with E-state index in [1.807, 2.05) is 0 Å². The molecule has 1 aliphatic rings. The van der Waals surface area contributed by atoms with Gasteiger partial charge in [-0.15, -0.1) is 0 Å². The number of aliphatic carboxylic acids is 1. The van der Waals surface area contributed by atoms with Gasteiger partial charge in [-0.2, -0.15) is 0 Å². The number of carbonyl (C=O) groups is 1. The minimum Gasteiger partial charge on any atom is -0.481 e. The Morgan fingerprint density at radius 1 is 1.46 bits per heavy atom. The van der Waals surface area contributed by atoms with Crippen molar-refractivity contribution in [2.75, 3.05) is 13.1 Å². The van der Waals surface area contributed by atoms with Crippen molar-refractivity contribution in [3.8, 4) is 0 Å². The predicted octanol–water partition coefficient (Wildman–Crippen LogP) is 1.34. The first-order chi connectivity index (χ1) is 5.93. The van der Waals surface area contributed by atoms with Gasteiger partial charge in [0.05, 0.1) is 5.92 Å². The third-order valence-electron chi connectivity index (χ3n) is 2.91. The zero-order valence-corrected chi connectivity index (χ0v) is 8.63. The van der Waals surface area contributed by atoms with Crippen LogP contribution in [0.5, 0.6) is 0 Å². The van der Waals surface area contributed by atoms with Gasteiger partial charge in [0.2, 0.25) is 0 Å². The molecule has 2 atom stereocenters. The van der Waals surface area contributed by atoms with E-state index in [9.17, 15) is 4.79 Å². The molecule has 0 amide bonds. The summed E-state index contributed by atoms with van der Waals surface area (Å²) in [4.78, 5) is 11.0. The second kappa shape index (κ2) is 3.66. The number of piperidine rings is 1. The zero-order chi connectivity index (χ0) is 10.1. The van der Waals surface area contributed by atoms with Crippen LogP contribution < -0.4 is 5.32 Å². The van der Waals surface area contributed by atoms with Gasteiger partial charge in [-0.25, -0.2) is 0 Å². The third kappa shape index (κ3) is 2.44. The minimum absolute atomic E-state index is 0.102. The van der Waals surface area contributed by atoms with E-state index in [1.165, 1.54) is 0 Å². The average molecular weight is 185 g/mol. The molecule has 0 aromatic rings. The molecule has 1 rings (SSSR count). The molecule has 76 valence electrons. The van der Waals surface area contributed by atoms with Gasteiger partial charge in [-0.1, -0.05) is 20.8 Å². The zero-order valence-electron chi connectivity index (χ0n) is 8.63. The quantitative estimate of drug-likeness (QED) is 0.648. The number of carboxylic acid groups (broad SMARTS) is 1. The smallest absolute Gasteiger partial charge is 0.308 e. The van der Waals surface area contributed by atoms with E-state index >= 15 is 0 Å². The van der Waals surface area contributed by atoms with E-state index in [0.29, 0.717) is 12.5 Å². The summed E-state index contributed by atoms with van der Waals surface area (Å²) in [5.74, 6) is -0.577. The Morgan fingerprint density at radius 3 is 2.46 bits per heavy atom. The van der Waals surface area contributed by atoms with Gasteiger partial charge in [0.25, 0.3) is 0 Å². The lowest BCUT2D eigenvalue weighted by Crippen LogP contribution is -2.45. The standard InChI is InChI=1S/C10H19NO2/c1-10(2,3)8-4-5-11-6-7(8)9(12)13/h7-8,11H,4-6H2,1-3H3,(H,12,13)/t7-,8?/m0/s1. The van der Waals surface area contributed by atoms with Crippen LogP contribution in [0.15, 0.2) is 0 Å². The molecule has 0 aromatic heterocycles. The Balaban J connectivity index is 2.73. The number of hydrogen-bond acceptors (Lipinski definition) is 2. The fraction of sp³-hybridized carbons (Fsp3) is 0.900. The highest BCUT2D eigenvalue weighted by Gasteiger charge is 2.37. The normalized spacial score (nSPS) is 30.1. The highest BCUT2D eigenvalue weighted by molar-refractivity contribution is 5.71. The van der Waals surface area contributed by atoms with Gasteiger partial charge in [0, 0.05) is 6.54 Å². The summed E-state index contributed by atoms with van der Waals surface area (Å²) >= 11 is 0. The Bertz CT molecular complexity index is 196. The lowest BCUT2D eigenvalue weighted by atomic mass is 9.70. The van der Waals surface area contributed by atoms with Crippen molar-refractivity contribution >= 4 is 5.97 Å². The monoisotopic (exact) mass is 185 g/mol. The van der Waals surface area contributed by atoms with E-state index in [0.717, 1.165) is 13.0 Å². The summed E-state index contributed by atoms with van der Waals surface area (Å²) in [6.07, 6.45) is 0.973. The van der Waals surface area contributed by atoms with Crippen LogP contribution in [-0.4, -0.2) is 24.2 Å². The second-order valence-corrected chi connectivity index (χ2v) is 4.91. The Labute approximate surface area is 79.5 Å². The fourth-order valence-corrected chi connectivity index (χ4v) is 2.15. The molecule has 3 heteroatoms. The number of hydrogen-bond donors (Lipinski definition) is 2. The molecule has 0 spiro atoms. The van der Waals surface area contributed by atoms with Gasteiger partial charge < -0.3 is 10.4 Å². The lowest BCUT2D eigenvalue weighted by molar-refractivity contribution is -0.146. The van der Waals surface area contributed by atoms with E-state index < -0.39 is 5.97 Å². The van der Waals surface area contributed by atoms with Crippen molar-refractivity contribution in [1.29, 1.82) is 0 Å². The van der Waals surface area contributed by atoms with E-state index in [4.69, 9.17) is 5.11 Å². The van der Waals surface area contributed by atoms with E-state index in [-0.39, 0.29) is 11.3 Å². The number of carboxylic acids is 1. The van der Waals surface area contributed by atoms with Crippen LogP contribution in [0.2, 0.25) is 0 Å². The van der Waals surface area contributed by atoms with Gasteiger partial charge >= 0.3 is 5.97 Å². The molecule has 13 heavy (non-hydrogen) atoms. The SMILES string of the molecule is CC(C)(C)C1CCNC[C@@H]1C(=O)O. The van der Waals surface area contributed by atoms with Crippen LogP contribution in [0.25, 0.3) is 0 Å². The summed E-state index contributed by atoms with van der Waals surface area (Å²) in [5, 5.41) is 12.2. The van der Waals surface area contributed by atoms with Crippen molar-refractivity contribution in [1.82, 2.24) is 5.32 Å². The molecule has 0 aromatic carbocycles. The first kappa shape index (κ1) is 10.5. The minimum atomic E-state index is -0.660. The molecule has 1 aliphatic heterocycles. The van der Waals surface area contributed by atoms with Crippen LogP contribution in [0.4, 0.5) is 0 Å². The lowest BCUT2D eigenvalue weighted by Gasteiger charge is -2.38. The Hall–Kier alpha value is -0.570. The first-order valence-electron chi connectivity index (χ1n) is 4.86. The van der Waals surface area contributed by atoms with Crippen LogP contribution in [0.3, 0.4) is 0 Å². The van der Waals surface area contributed by atoms with E-state index in [2.05, 4.69) is 26.1 Å². The number of rotatable bonds is 1. The Morgan fingerprint density at radius 2 is 2.08 bits per heavy atom. The van der Waals surface area contributed by atoms with Crippen LogP contribution in [-0.2, 0) is 4.79 Å². The van der Waals surface area contributed by atoms with Gasteiger partial charge in [-0.05, 0) is 24.3 Å². The molecule has 2 N–H and O–H groups in total. The second-order valence-electron chi connectivity index (χ2n) is 4.91. The molecule has 0 saturated carbocycles. The van der Waals surface area contributed by atoms with Crippen molar-refractivity contribution in [2.45, 2.75) is 27.2 Å². The van der Waals surface area contributed by atoms with Crippen molar-refractivity contribution < 1.29 is 9.90 Å². The highest BCUT2D eigenvalue weighted by atomic mass is 16.4. The Kier molecular flexibility index (Phi) is 2.96. The fourth-order valence-electron chi connectivity index (χ4n) is 2.15. The first-order valence-corrected chi connectivity index (χ1v) is 4.86. The third-order valence-corrected chi connectivity index (χ3v) is 2.91. The largest absolute Gasteiger partial charge is 0.481 e. The molecule has 0 radical (unpaired) electrons. The van der Waals surface area contributed by atoms with Crippen molar-refractivity contribution in [3.05, 3.63) is 0 Å². The molecule has 1 heterocycles. The average Bonchev–Trinajstić information content (AvgIpc) is 2.03. The molecule has 3 nitrogen and oxygen atoms in total. The summed E-state index contributed by atoms with van der Waals surface area (Å²) < 4.78 is 0. The van der Waals surface area contributed by atoms with Gasteiger partial charge in [-0.3, -0.25) is 4.79 Å². The highest BCUT2D eigenvalue weighted by Crippen LogP contribution is 2.36. The molecule has 0 aliphatic carbocycles. The summed E-state index contributed by atoms with van der Waals surface area (Å²) in [5.41, 5.74) is 0.102. The van der Waals surface area contributed by atoms with E-state index in [1.54, 1.807) is 0 Å². The predicted molar refractivity (Wildman–Crippen MR) is 51.6 cm³/mol. The van der Waals surface area contributed by atoms with Gasteiger partial charge in [0.1, 0.15) is 0 Å². The van der Waals surface area contributed by atoms with Crippen LogP contribution in [0.1, 0.15) is 27.2 Å². The van der Waals surface area contributed by atoms with Crippen molar-refractivity contribution in [3.63, 3.8) is 0 Å². The summed E-state index contributed by atoms with van der Waals surface area (Å²) in [6.45, 7) is 7.94. The molecular weight excluding hydrogens is 166 g/mol. The maximum absolute atomic E-state index is 11.0. The number of nitrogens with one attached hydrogen (secondary N) is 1. The molecule has 1 unspecified atom stereocenters. The maximum Gasteiger partial charge on any atom is 0.308 e. The van der Waals surface area contributed by atoms with Gasteiger partial charge in [0.15, 0.2) is 0 Å². The summed E-state index contributed by atoms with van der Waals surface area (Å²) in [6, 6.07) is 0. The summed E-state index contributed by atoms with van der Waals surface area (Å²) in [7, 11) is 0. The van der Waals surface area contributed by atoms with Crippen molar-refractivity contribution in [2.24, 2.45) is 17.3 Å².